The van der Waals surface area contributed by atoms with Crippen molar-refractivity contribution in [3.8, 4) is 22.7 Å². The van der Waals surface area contributed by atoms with Crippen LogP contribution in [0.2, 0.25) is 5.02 Å². The third kappa shape index (κ3) is 3.84. The van der Waals surface area contributed by atoms with Crippen molar-refractivity contribution >= 4 is 17.5 Å². The second-order valence-corrected chi connectivity index (χ2v) is 5.92. The van der Waals surface area contributed by atoms with E-state index in [-0.39, 0.29) is 5.91 Å². The minimum atomic E-state index is -0.314. The van der Waals surface area contributed by atoms with Crippen LogP contribution in [0.5, 0.6) is 0 Å². The standard InChI is InChI=1S/C19H17ClN2O2/c20-15-11-9-13(10-12-15)18-16(7-4-8-17(21)23)24-19(22-18)14-5-2-1-3-6-14/h1-3,5-6,9-12H,4,7-8H2,(H2,21,23). The van der Waals surface area contributed by atoms with Crippen molar-refractivity contribution in [3.05, 3.63) is 65.4 Å². The zero-order valence-electron chi connectivity index (χ0n) is 13.0. The summed E-state index contributed by atoms with van der Waals surface area (Å²) in [6.45, 7) is 0. The van der Waals surface area contributed by atoms with Gasteiger partial charge in [-0.25, -0.2) is 4.98 Å². The first-order valence-electron chi connectivity index (χ1n) is 7.73. The van der Waals surface area contributed by atoms with Crippen molar-refractivity contribution < 1.29 is 9.21 Å². The lowest BCUT2D eigenvalue weighted by Crippen LogP contribution is -2.10. The molecule has 2 aromatic carbocycles. The topological polar surface area (TPSA) is 69.1 Å². The molecule has 0 aliphatic heterocycles. The highest BCUT2D eigenvalue weighted by atomic mass is 35.5. The molecule has 0 saturated heterocycles. The van der Waals surface area contributed by atoms with E-state index >= 15 is 0 Å². The summed E-state index contributed by atoms with van der Waals surface area (Å²) < 4.78 is 5.97. The molecule has 0 bridgehead atoms. The van der Waals surface area contributed by atoms with Crippen molar-refractivity contribution in [2.24, 2.45) is 5.73 Å². The molecular weight excluding hydrogens is 324 g/mol. The Bertz CT molecular complexity index is 826. The number of hydrogen-bond acceptors (Lipinski definition) is 3. The van der Waals surface area contributed by atoms with E-state index in [0.29, 0.717) is 30.2 Å². The number of benzene rings is 2. The molecule has 0 atom stereocenters. The number of oxazole rings is 1. The molecule has 5 heteroatoms. The highest BCUT2D eigenvalue weighted by Crippen LogP contribution is 2.30. The molecule has 0 saturated carbocycles. The first-order valence-corrected chi connectivity index (χ1v) is 8.10. The molecule has 0 radical (unpaired) electrons. The first kappa shape index (κ1) is 16.3. The lowest BCUT2D eigenvalue weighted by Gasteiger charge is -2.01. The second-order valence-electron chi connectivity index (χ2n) is 5.48. The van der Waals surface area contributed by atoms with Crippen LogP contribution in [0.15, 0.2) is 59.0 Å². The predicted molar refractivity (Wildman–Crippen MR) is 94.5 cm³/mol. The van der Waals surface area contributed by atoms with Crippen LogP contribution >= 0.6 is 11.6 Å². The molecular formula is C19H17ClN2O2. The number of primary amides is 1. The van der Waals surface area contributed by atoms with Crippen LogP contribution in [0.25, 0.3) is 22.7 Å². The average molecular weight is 341 g/mol. The Balaban J connectivity index is 1.96. The number of carbonyl (C=O) groups is 1. The molecule has 1 heterocycles. The number of carbonyl (C=O) groups excluding carboxylic acids is 1. The van der Waals surface area contributed by atoms with E-state index in [2.05, 4.69) is 4.98 Å². The fourth-order valence-corrected chi connectivity index (χ4v) is 2.61. The Morgan fingerprint density at radius 1 is 1.04 bits per heavy atom. The van der Waals surface area contributed by atoms with Gasteiger partial charge in [-0.15, -0.1) is 0 Å². The van der Waals surface area contributed by atoms with Crippen LogP contribution in [-0.2, 0) is 11.2 Å². The first-order chi connectivity index (χ1) is 11.6. The van der Waals surface area contributed by atoms with E-state index in [9.17, 15) is 4.79 Å². The Morgan fingerprint density at radius 3 is 2.42 bits per heavy atom. The Hall–Kier alpha value is -2.59. The van der Waals surface area contributed by atoms with Crippen LogP contribution in [0.3, 0.4) is 0 Å². The van der Waals surface area contributed by atoms with Crippen LogP contribution in [0.1, 0.15) is 18.6 Å². The summed E-state index contributed by atoms with van der Waals surface area (Å²) in [5.74, 6) is 0.998. The minimum Gasteiger partial charge on any atom is -0.441 e. The van der Waals surface area contributed by atoms with Crippen molar-refractivity contribution in [1.82, 2.24) is 4.98 Å². The maximum Gasteiger partial charge on any atom is 0.226 e. The van der Waals surface area contributed by atoms with E-state index < -0.39 is 0 Å². The van der Waals surface area contributed by atoms with Gasteiger partial charge in [0.25, 0.3) is 0 Å². The summed E-state index contributed by atoms with van der Waals surface area (Å²) >= 11 is 5.96. The maximum absolute atomic E-state index is 11.0. The fourth-order valence-electron chi connectivity index (χ4n) is 2.48. The van der Waals surface area contributed by atoms with Crippen LogP contribution in [0.4, 0.5) is 0 Å². The molecule has 0 unspecified atom stereocenters. The van der Waals surface area contributed by atoms with Crippen LogP contribution in [0, 0.1) is 0 Å². The lowest BCUT2D eigenvalue weighted by molar-refractivity contribution is -0.118. The van der Waals surface area contributed by atoms with Gasteiger partial charge < -0.3 is 10.2 Å². The Labute approximate surface area is 145 Å². The number of amides is 1. The number of halogens is 1. The van der Waals surface area contributed by atoms with E-state index in [1.165, 1.54) is 0 Å². The zero-order chi connectivity index (χ0) is 16.9. The average Bonchev–Trinajstić information content (AvgIpc) is 3.00. The van der Waals surface area contributed by atoms with E-state index in [4.69, 9.17) is 21.8 Å². The van der Waals surface area contributed by atoms with E-state index in [0.717, 1.165) is 22.6 Å². The zero-order valence-corrected chi connectivity index (χ0v) is 13.8. The highest BCUT2D eigenvalue weighted by molar-refractivity contribution is 6.30. The van der Waals surface area contributed by atoms with E-state index in [1.807, 2.05) is 54.6 Å². The normalized spacial score (nSPS) is 10.7. The highest BCUT2D eigenvalue weighted by Gasteiger charge is 2.16. The number of nitrogens with two attached hydrogens (primary N) is 1. The van der Waals surface area contributed by atoms with Crippen molar-refractivity contribution in [1.29, 1.82) is 0 Å². The fraction of sp³-hybridized carbons (Fsp3) is 0.158. The largest absolute Gasteiger partial charge is 0.441 e. The Kier molecular flexibility index (Phi) is 4.96. The summed E-state index contributed by atoms with van der Waals surface area (Å²) in [5.41, 5.74) is 7.83. The van der Waals surface area contributed by atoms with Gasteiger partial charge in [0.1, 0.15) is 11.5 Å². The molecule has 24 heavy (non-hydrogen) atoms. The monoisotopic (exact) mass is 340 g/mol. The Morgan fingerprint density at radius 2 is 1.75 bits per heavy atom. The summed E-state index contributed by atoms with van der Waals surface area (Å²) in [6, 6.07) is 17.2. The number of hydrogen-bond donors (Lipinski definition) is 1. The second kappa shape index (κ2) is 7.32. The molecule has 0 aliphatic carbocycles. The summed E-state index contributed by atoms with van der Waals surface area (Å²) in [4.78, 5) is 15.6. The van der Waals surface area contributed by atoms with Gasteiger partial charge in [-0.2, -0.15) is 0 Å². The predicted octanol–water partition coefficient (Wildman–Crippen LogP) is 4.47. The molecule has 0 aliphatic rings. The van der Waals surface area contributed by atoms with Gasteiger partial charge >= 0.3 is 0 Å². The van der Waals surface area contributed by atoms with Gasteiger partial charge in [0.05, 0.1) is 0 Å². The lowest BCUT2D eigenvalue weighted by atomic mass is 10.1. The van der Waals surface area contributed by atoms with Gasteiger partial charge in [0.2, 0.25) is 11.8 Å². The molecule has 0 fully saturated rings. The molecule has 3 aromatic rings. The van der Waals surface area contributed by atoms with Crippen LogP contribution in [-0.4, -0.2) is 10.9 Å². The summed E-state index contributed by atoms with van der Waals surface area (Å²) in [5, 5.41) is 0.667. The molecule has 122 valence electrons. The quantitative estimate of drug-likeness (QED) is 0.719. The number of aryl methyl sites for hydroxylation is 1. The molecule has 2 N–H and O–H groups in total. The van der Waals surface area contributed by atoms with Crippen molar-refractivity contribution in [2.45, 2.75) is 19.3 Å². The van der Waals surface area contributed by atoms with Gasteiger partial charge in [-0.3, -0.25) is 4.79 Å². The van der Waals surface area contributed by atoms with Gasteiger partial charge in [-0.05, 0) is 30.7 Å². The van der Waals surface area contributed by atoms with Gasteiger partial charge in [-0.1, -0.05) is 41.9 Å². The van der Waals surface area contributed by atoms with E-state index in [1.54, 1.807) is 0 Å². The number of aromatic nitrogens is 1. The minimum absolute atomic E-state index is 0.314. The maximum atomic E-state index is 11.0. The molecule has 1 amide bonds. The van der Waals surface area contributed by atoms with Crippen molar-refractivity contribution in [3.63, 3.8) is 0 Å². The van der Waals surface area contributed by atoms with Crippen molar-refractivity contribution in [2.75, 3.05) is 0 Å². The van der Waals surface area contributed by atoms with Crippen LogP contribution < -0.4 is 5.73 Å². The third-order valence-electron chi connectivity index (χ3n) is 3.66. The smallest absolute Gasteiger partial charge is 0.226 e. The molecule has 1 aromatic heterocycles. The third-order valence-corrected chi connectivity index (χ3v) is 3.91. The molecule has 0 spiro atoms. The number of nitrogens with zero attached hydrogens (tertiary/aromatic N) is 1. The molecule has 4 nitrogen and oxygen atoms in total. The van der Waals surface area contributed by atoms with Gasteiger partial charge in [0.15, 0.2) is 0 Å². The SMILES string of the molecule is NC(=O)CCCc1oc(-c2ccccc2)nc1-c1ccc(Cl)cc1. The van der Waals surface area contributed by atoms with Gasteiger partial charge in [0, 0.05) is 29.0 Å². The summed E-state index contributed by atoms with van der Waals surface area (Å²) in [6.07, 6.45) is 1.54. The summed E-state index contributed by atoms with van der Waals surface area (Å²) in [7, 11) is 0. The number of rotatable bonds is 6. The molecule has 3 rings (SSSR count).